The summed E-state index contributed by atoms with van der Waals surface area (Å²) in [6, 6.07) is 0. The van der Waals surface area contributed by atoms with Crippen molar-refractivity contribution in [3.63, 3.8) is 0 Å². The number of rotatable bonds is 6. The lowest BCUT2D eigenvalue weighted by Gasteiger charge is -2.20. The van der Waals surface area contributed by atoms with Crippen molar-refractivity contribution >= 4 is 23.2 Å². The summed E-state index contributed by atoms with van der Waals surface area (Å²) in [6.07, 6.45) is 5.76. The standard InChI is InChI=1S/C15H18N4O3S/c1-18-7-11(5-16-18)14-17-12(9-23-14)15(21)19(6-10-3-4-10)8-13(20)22-2/h5,7,9-10H,3-4,6,8H2,1-2H3. The Morgan fingerprint density at radius 2 is 2.26 bits per heavy atom. The van der Waals surface area contributed by atoms with Crippen LogP contribution in [0.4, 0.5) is 0 Å². The Bertz CT molecular complexity index is 720. The molecule has 0 aromatic carbocycles. The highest BCUT2D eigenvalue weighted by atomic mass is 32.1. The third kappa shape index (κ3) is 3.76. The normalized spacial score (nSPS) is 13.8. The van der Waals surface area contributed by atoms with Gasteiger partial charge in [-0.3, -0.25) is 14.3 Å². The van der Waals surface area contributed by atoms with Crippen LogP contribution in [0.25, 0.3) is 10.6 Å². The van der Waals surface area contributed by atoms with Crippen molar-refractivity contribution in [2.45, 2.75) is 12.8 Å². The molecule has 7 nitrogen and oxygen atoms in total. The molecule has 3 rings (SSSR count). The molecule has 0 atom stereocenters. The van der Waals surface area contributed by atoms with Gasteiger partial charge in [-0.15, -0.1) is 11.3 Å². The summed E-state index contributed by atoms with van der Waals surface area (Å²) in [4.78, 5) is 30.1. The lowest BCUT2D eigenvalue weighted by atomic mass is 10.3. The van der Waals surface area contributed by atoms with E-state index in [0.717, 1.165) is 23.4 Å². The van der Waals surface area contributed by atoms with Gasteiger partial charge in [-0.05, 0) is 18.8 Å². The maximum atomic E-state index is 12.7. The van der Waals surface area contributed by atoms with E-state index in [2.05, 4.69) is 14.8 Å². The molecule has 1 fully saturated rings. The highest BCUT2D eigenvalue weighted by Gasteiger charge is 2.29. The van der Waals surface area contributed by atoms with Gasteiger partial charge in [-0.25, -0.2) is 4.98 Å². The van der Waals surface area contributed by atoms with Crippen molar-refractivity contribution in [1.29, 1.82) is 0 Å². The smallest absolute Gasteiger partial charge is 0.325 e. The summed E-state index contributed by atoms with van der Waals surface area (Å²) in [6.45, 7) is 0.541. The van der Waals surface area contributed by atoms with Crippen LogP contribution in [0.5, 0.6) is 0 Å². The molecule has 2 aromatic heterocycles. The zero-order valence-corrected chi connectivity index (χ0v) is 13.9. The van der Waals surface area contributed by atoms with Gasteiger partial charge in [0, 0.05) is 30.7 Å². The van der Waals surface area contributed by atoms with Crippen molar-refractivity contribution in [3.05, 3.63) is 23.5 Å². The lowest BCUT2D eigenvalue weighted by molar-refractivity contribution is -0.141. The minimum absolute atomic E-state index is 0.0361. The average Bonchev–Trinajstić information content (AvgIpc) is 3.04. The van der Waals surface area contributed by atoms with E-state index >= 15 is 0 Å². The van der Waals surface area contributed by atoms with Gasteiger partial charge in [0.25, 0.3) is 5.91 Å². The highest BCUT2D eigenvalue weighted by molar-refractivity contribution is 7.13. The molecule has 1 amide bonds. The number of carbonyl (C=O) groups is 2. The maximum Gasteiger partial charge on any atom is 0.325 e. The van der Waals surface area contributed by atoms with Gasteiger partial charge in [0.05, 0.1) is 13.3 Å². The van der Waals surface area contributed by atoms with Crippen molar-refractivity contribution < 1.29 is 14.3 Å². The van der Waals surface area contributed by atoms with Crippen molar-refractivity contribution in [2.24, 2.45) is 13.0 Å². The van der Waals surface area contributed by atoms with E-state index < -0.39 is 5.97 Å². The van der Waals surface area contributed by atoms with Crippen molar-refractivity contribution in [1.82, 2.24) is 19.7 Å². The predicted molar refractivity (Wildman–Crippen MR) is 85.0 cm³/mol. The fourth-order valence-electron chi connectivity index (χ4n) is 2.25. The first-order chi connectivity index (χ1) is 11.1. The van der Waals surface area contributed by atoms with Gasteiger partial charge in [-0.1, -0.05) is 0 Å². The van der Waals surface area contributed by atoms with E-state index in [4.69, 9.17) is 0 Å². The Balaban J connectivity index is 1.76. The molecule has 1 aliphatic carbocycles. The topological polar surface area (TPSA) is 77.3 Å². The Kier molecular flexibility index (Phi) is 4.42. The summed E-state index contributed by atoms with van der Waals surface area (Å²) in [5.41, 5.74) is 1.23. The first-order valence-corrected chi connectivity index (χ1v) is 8.25. The Hall–Kier alpha value is -2.22. The second-order valence-corrected chi connectivity index (χ2v) is 6.50. The van der Waals surface area contributed by atoms with Gasteiger partial charge >= 0.3 is 5.97 Å². The first-order valence-electron chi connectivity index (χ1n) is 7.37. The SMILES string of the molecule is COC(=O)CN(CC1CC1)C(=O)c1csc(-c2cnn(C)c2)n1. The van der Waals surface area contributed by atoms with Crippen LogP contribution in [0.2, 0.25) is 0 Å². The molecule has 0 saturated heterocycles. The Labute approximate surface area is 137 Å². The molecule has 23 heavy (non-hydrogen) atoms. The molecule has 0 N–H and O–H groups in total. The van der Waals surface area contributed by atoms with Crippen LogP contribution in [-0.2, 0) is 16.6 Å². The first kappa shape index (κ1) is 15.7. The molecular weight excluding hydrogens is 316 g/mol. The van der Waals surface area contributed by atoms with Crippen molar-refractivity contribution in [2.75, 3.05) is 20.2 Å². The molecule has 2 aromatic rings. The monoisotopic (exact) mass is 334 g/mol. The largest absolute Gasteiger partial charge is 0.468 e. The number of aryl methyl sites for hydroxylation is 1. The molecule has 1 saturated carbocycles. The zero-order chi connectivity index (χ0) is 16.4. The second kappa shape index (κ2) is 6.49. The summed E-state index contributed by atoms with van der Waals surface area (Å²) in [7, 11) is 3.16. The van der Waals surface area contributed by atoms with E-state index in [9.17, 15) is 9.59 Å². The number of carbonyl (C=O) groups excluding carboxylic acids is 2. The molecule has 0 spiro atoms. The van der Waals surface area contributed by atoms with E-state index in [-0.39, 0.29) is 12.5 Å². The van der Waals surface area contributed by atoms with Crippen molar-refractivity contribution in [3.8, 4) is 10.6 Å². The van der Waals surface area contributed by atoms with Gasteiger partial charge in [-0.2, -0.15) is 5.10 Å². The fraction of sp³-hybridized carbons (Fsp3) is 0.467. The number of esters is 1. The molecular formula is C15H18N4O3S. The number of hydrogen-bond acceptors (Lipinski definition) is 6. The molecule has 122 valence electrons. The molecule has 0 radical (unpaired) electrons. The third-order valence-electron chi connectivity index (χ3n) is 3.69. The van der Waals surface area contributed by atoms with Crippen LogP contribution in [0, 0.1) is 5.92 Å². The number of methoxy groups -OCH3 is 1. The number of ether oxygens (including phenoxy) is 1. The highest BCUT2D eigenvalue weighted by Crippen LogP contribution is 2.30. The molecule has 0 unspecified atom stereocenters. The number of hydrogen-bond donors (Lipinski definition) is 0. The Morgan fingerprint density at radius 1 is 1.48 bits per heavy atom. The molecule has 2 heterocycles. The van der Waals surface area contributed by atoms with E-state index in [1.165, 1.54) is 23.3 Å². The second-order valence-electron chi connectivity index (χ2n) is 5.65. The van der Waals surface area contributed by atoms with Gasteiger partial charge in [0.15, 0.2) is 0 Å². The van der Waals surface area contributed by atoms with Gasteiger partial charge in [0.1, 0.15) is 17.2 Å². The summed E-state index contributed by atoms with van der Waals surface area (Å²) >= 11 is 1.39. The predicted octanol–water partition coefficient (Wildman–Crippen LogP) is 1.57. The fourth-order valence-corrected chi connectivity index (χ4v) is 3.02. The maximum absolute atomic E-state index is 12.7. The average molecular weight is 334 g/mol. The minimum atomic E-state index is -0.415. The van der Waals surface area contributed by atoms with E-state index in [1.54, 1.807) is 16.3 Å². The quantitative estimate of drug-likeness (QED) is 0.749. The number of thiazole rings is 1. The number of nitrogens with zero attached hydrogens (tertiary/aromatic N) is 4. The third-order valence-corrected chi connectivity index (χ3v) is 4.58. The molecule has 8 heteroatoms. The Morgan fingerprint density at radius 3 is 2.87 bits per heavy atom. The summed E-state index contributed by atoms with van der Waals surface area (Å²) < 4.78 is 6.37. The van der Waals surface area contributed by atoms with Crippen LogP contribution in [0.1, 0.15) is 23.3 Å². The van der Waals surface area contributed by atoms with E-state index in [1.807, 2.05) is 13.2 Å². The minimum Gasteiger partial charge on any atom is -0.468 e. The summed E-state index contributed by atoms with van der Waals surface area (Å²) in [5, 5.41) is 6.57. The van der Waals surface area contributed by atoms with Crippen LogP contribution in [-0.4, -0.2) is 51.7 Å². The van der Waals surface area contributed by atoms with Crippen LogP contribution < -0.4 is 0 Å². The molecule has 0 bridgehead atoms. The van der Waals surface area contributed by atoms with Crippen LogP contribution in [0.15, 0.2) is 17.8 Å². The number of aromatic nitrogens is 3. The van der Waals surface area contributed by atoms with Gasteiger partial charge in [0.2, 0.25) is 0 Å². The van der Waals surface area contributed by atoms with Crippen LogP contribution in [0.3, 0.4) is 0 Å². The summed E-state index contributed by atoms with van der Waals surface area (Å²) in [5.74, 6) is -0.157. The van der Waals surface area contributed by atoms with Crippen LogP contribution >= 0.6 is 11.3 Å². The van der Waals surface area contributed by atoms with Gasteiger partial charge < -0.3 is 9.64 Å². The van der Waals surface area contributed by atoms with E-state index in [0.29, 0.717) is 18.2 Å². The number of amides is 1. The molecule has 1 aliphatic rings. The lowest BCUT2D eigenvalue weighted by Crippen LogP contribution is -2.37. The zero-order valence-electron chi connectivity index (χ0n) is 13.1. The molecule has 0 aliphatic heterocycles.